The zero-order chi connectivity index (χ0) is 17.7. The van der Waals surface area contributed by atoms with Crippen molar-refractivity contribution >= 4 is 46.3 Å². The van der Waals surface area contributed by atoms with Gasteiger partial charge in [0.2, 0.25) is 0 Å². The molecular weight excluding hydrogens is 350 g/mol. The summed E-state index contributed by atoms with van der Waals surface area (Å²) in [5.41, 5.74) is 0.618. The van der Waals surface area contributed by atoms with Crippen LogP contribution in [0.2, 0.25) is 0 Å². The molecule has 1 amide bonds. The summed E-state index contributed by atoms with van der Waals surface area (Å²) in [7, 11) is 3.13. The van der Waals surface area contributed by atoms with Crippen LogP contribution in [0.5, 0.6) is 11.5 Å². The molecule has 0 N–H and O–H groups in total. The van der Waals surface area contributed by atoms with Crippen molar-refractivity contribution in [2.45, 2.75) is 6.92 Å². The van der Waals surface area contributed by atoms with Gasteiger partial charge in [-0.2, -0.15) is 0 Å². The van der Waals surface area contributed by atoms with Crippen molar-refractivity contribution in [3.63, 3.8) is 0 Å². The van der Waals surface area contributed by atoms with Crippen molar-refractivity contribution in [1.82, 2.24) is 4.90 Å². The average Bonchev–Trinajstić information content (AvgIpc) is 2.80. The van der Waals surface area contributed by atoms with Gasteiger partial charge >= 0.3 is 5.97 Å². The zero-order valence-corrected chi connectivity index (χ0v) is 15.2. The van der Waals surface area contributed by atoms with Crippen LogP contribution in [0.25, 0.3) is 6.08 Å². The number of carbonyl (C=O) groups is 2. The van der Waals surface area contributed by atoms with Gasteiger partial charge in [-0.05, 0) is 19.1 Å². The summed E-state index contributed by atoms with van der Waals surface area (Å²) in [5, 5.41) is 0. The number of thiocarbonyl (C=S) groups is 1. The topological polar surface area (TPSA) is 65.1 Å². The number of thioether (sulfide) groups is 1. The summed E-state index contributed by atoms with van der Waals surface area (Å²) < 4.78 is 16.2. The number of likely N-dealkylation sites (N-methyl/N-ethyl adjacent to an activating group) is 1. The molecule has 0 aliphatic carbocycles. The molecule has 1 aliphatic rings. The molecule has 24 heavy (non-hydrogen) atoms. The van der Waals surface area contributed by atoms with Crippen molar-refractivity contribution in [3.05, 3.63) is 28.7 Å². The molecular formula is C16H17NO5S2. The highest BCUT2D eigenvalue weighted by molar-refractivity contribution is 8.26. The van der Waals surface area contributed by atoms with Gasteiger partial charge in [0.15, 0.2) is 18.1 Å². The van der Waals surface area contributed by atoms with E-state index >= 15 is 0 Å². The van der Waals surface area contributed by atoms with E-state index in [0.717, 1.165) is 0 Å². The predicted molar refractivity (Wildman–Crippen MR) is 96.1 cm³/mol. The Labute approximate surface area is 149 Å². The second kappa shape index (κ2) is 8.16. The van der Waals surface area contributed by atoms with Gasteiger partial charge in [0.05, 0.1) is 18.6 Å². The lowest BCUT2D eigenvalue weighted by Crippen LogP contribution is -2.22. The van der Waals surface area contributed by atoms with Gasteiger partial charge < -0.3 is 14.2 Å². The van der Waals surface area contributed by atoms with Crippen LogP contribution in [0.4, 0.5) is 0 Å². The molecule has 1 aromatic rings. The van der Waals surface area contributed by atoms with Crippen LogP contribution in [0.1, 0.15) is 12.5 Å². The first-order valence-corrected chi connectivity index (χ1v) is 8.37. The maximum absolute atomic E-state index is 12.1. The molecule has 0 spiro atoms. The fourth-order valence-electron chi connectivity index (χ4n) is 1.98. The van der Waals surface area contributed by atoms with E-state index in [9.17, 15) is 9.59 Å². The van der Waals surface area contributed by atoms with E-state index in [4.69, 9.17) is 26.4 Å². The number of hydrogen-bond acceptors (Lipinski definition) is 7. The summed E-state index contributed by atoms with van der Waals surface area (Å²) >= 11 is 6.33. The minimum atomic E-state index is -0.478. The second-order valence-electron chi connectivity index (χ2n) is 4.71. The number of para-hydroxylation sites is 1. The minimum Gasteiger partial charge on any atom is -0.493 e. The summed E-state index contributed by atoms with van der Waals surface area (Å²) in [6.45, 7) is 1.75. The monoisotopic (exact) mass is 367 g/mol. The lowest BCUT2D eigenvalue weighted by Gasteiger charge is -2.13. The van der Waals surface area contributed by atoms with Crippen LogP contribution in [-0.4, -0.2) is 48.5 Å². The molecule has 1 saturated heterocycles. The Balaban J connectivity index is 2.31. The number of esters is 1. The number of carbonyl (C=O) groups excluding carboxylic acids is 2. The van der Waals surface area contributed by atoms with Gasteiger partial charge in [0.25, 0.3) is 5.91 Å². The van der Waals surface area contributed by atoms with Crippen LogP contribution in [0, 0.1) is 0 Å². The van der Waals surface area contributed by atoms with Gasteiger partial charge in [0.1, 0.15) is 4.32 Å². The Kier molecular flexibility index (Phi) is 6.22. The van der Waals surface area contributed by atoms with Gasteiger partial charge in [0, 0.05) is 12.6 Å². The van der Waals surface area contributed by atoms with Crippen LogP contribution in [0.3, 0.4) is 0 Å². The molecule has 2 rings (SSSR count). The number of nitrogens with zero attached hydrogens (tertiary/aromatic N) is 1. The third-order valence-corrected chi connectivity index (χ3v) is 4.63. The van der Waals surface area contributed by atoms with E-state index in [1.807, 2.05) is 0 Å². The summed E-state index contributed by atoms with van der Waals surface area (Å²) in [6, 6.07) is 5.25. The van der Waals surface area contributed by atoms with Crippen LogP contribution in [-0.2, 0) is 14.3 Å². The molecule has 0 aromatic heterocycles. The molecule has 0 atom stereocenters. The molecule has 8 heteroatoms. The van der Waals surface area contributed by atoms with E-state index < -0.39 is 5.97 Å². The molecule has 1 heterocycles. The first kappa shape index (κ1) is 18.3. The normalized spacial score (nSPS) is 15.8. The Bertz CT molecular complexity index is 702. The van der Waals surface area contributed by atoms with E-state index in [0.29, 0.717) is 26.3 Å². The first-order chi connectivity index (χ1) is 11.5. The maximum atomic E-state index is 12.1. The molecule has 1 aromatic carbocycles. The van der Waals surface area contributed by atoms with E-state index in [1.165, 1.54) is 23.8 Å². The highest BCUT2D eigenvalue weighted by Gasteiger charge is 2.29. The van der Waals surface area contributed by atoms with Crippen molar-refractivity contribution < 1.29 is 23.8 Å². The highest BCUT2D eigenvalue weighted by atomic mass is 32.2. The summed E-state index contributed by atoms with van der Waals surface area (Å²) in [4.78, 5) is 25.6. The van der Waals surface area contributed by atoms with E-state index in [2.05, 4.69) is 0 Å². The number of amides is 1. The molecule has 1 aliphatic heterocycles. The minimum absolute atomic E-state index is 0.177. The summed E-state index contributed by atoms with van der Waals surface area (Å²) in [5.74, 6) is 0.174. The van der Waals surface area contributed by atoms with Crippen molar-refractivity contribution in [1.29, 1.82) is 0 Å². The second-order valence-corrected chi connectivity index (χ2v) is 6.39. The van der Waals surface area contributed by atoms with Gasteiger partial charge in [-0.1, -0.05) is 36.1 Å². The summed E-state index contributed by atoms with van der Waals surface area (Å²) in [6.07, 6.45) is 1.67. The van der Waals surface area contributed by atoms with Gasteiger partial charge in [-0.3, -0.25) is 9.69 Å². The number of hydrogen-bond donors (Lipinski definition) is 0. The van der Waals surface area contributed by atoms with Crippen LogP contribution < -0.4 is 9.47 Å². The van der Waals surface area contributed by atoms with E-state index in [1.54, 1.807) is 38.2 Å². The smallest absolute Gasteiger partial charge is 0.344 e. The highest BCUT2D eigenvalue weighted by Crippen LogP contribution is 2.37. The number of methoxy groups -OCH3 is 1. The number of ether oxygens (including phenoxy) is 3. The predicted octanol–water partition coefficient (Wildman–Crippen LogP) is 2.47. The standard InChI is InChI=1S/C16H17NO5S2/c1-4-21-13(18)9-22-14-10(6-5-7-11(14)20-3)8-12-15(19)17(2)16(23)24-12/h5-8H,4,9H2,1-3H3. The Morgan fingerprint density at radius 2 is 2.17 bits per heavy atom. The fraction of sp³-hybridized carbons (Fsp3) is 0.312. The van der Waals surface area contributed by atoms with Gasteiger partial charge in [-0.25, -0.2) is 4.79 Å². The first-order valence-electron chi connectivity index (χ1n) is 7.15. The lowest BCUT2D eigenvalue weighted by atomic mass is 10.1. The van der Waals surface area contributed by atoms with Crippen molar-refractivity contribution in [2.24, 2.45) is 0 Å². The Morgan fingerprint density at radius 1 is 1.42 bits per heavy atom. The SMILES string of the molecule is CCOC(=O)COc1c(C=C2SC(=S)N(C)C2=O)cccc1OC. The fourth-order valence-corrected chi connectivity index (χ4v) is 3.15. The van der Waals surface area contributed by atoms with Crippen LogP contribution in [0.15, 0.2) is 23.1 Å². The van der Waals surface area contributed by atoms with Crippen molar-refractivity contribution in [3.8, 4) is 11.5 Å². The lowest BCUT2D eigenvalue weighted by molar-refractivity contribution is -0.145. The molecule has 1 fully saturated rings. The largest absolute Gasteiger partial charge is 0.493 e. The third-order valence-electron chi connectivity index (χ3n) is 3.14. The number of rotatable bonds is 6. The zero-order valence-electron chi connectivity index (χ0n) is 13.5. The molecule has 0 radical (unpaired) electrons. The molecule has 0 unspecified atom stereocenters. The van der Waals surface area contributed by atoms with E-state index in [-0.39, 0.29) is 19.1 Å². The number of benzene rings is 1. The van der Waals surface area contributed by atoms with Crippen LogP contribution >= 0.6 is 24.0 Å². The van der Waals surface area contributed by atoms with Gasteiger partial charge in [-0.15, -0.1) is 0 Å². The Hall–Kier alpha value is -2.06. The molecule has 128 valence electrons. The quantitative estimate of drug-likeness (QED) is 0.435. The Morgan fingerprint density at radius 3 is 2.75 bits per heavy atom. The average molecular weight is 367 g/mol. The molecule has 6 nitrogen and oxygen atoms in total. The molecule has 0 saturated carbocycles. The molecule has 0 bridgehead atoms. The van der Waals surface area contributed by atoms with Crippen molar-refractivity contribution in [2.75, 3.05) is 27.4 Å². The third kappa shape index (κ3) is 4.07. The maximum Gasteiger partial charge on any atom is 0.344 e.